The largest absolute Gasteiger partial charge is 0.489 e. The van der Waals surface area contributed by atoms with Gasteiger partial charge in [0, 0.05) is 35.9 Å². The fourth-order valence-electron chi connectivity index (χ4n) is 3.36. The number of nitrogens with one attached hydrogen (secondary N) is 1. The van der Waals surface area contributed by atoms with Gasteiger partial charge in [-0.2, -0.15) is 0 Å². The van der Waals surface area contributed by atoms with E-state index in [9.17, 15) is 4.79 Å². The second-order valence-corrected chi connectivity index (χ2v) is 8.21. The van der Waals surface area contributed by atoms with E-state index in [0.29, 0.717) is 16.7 Å². The minimum Gasteiger partial charge on any atom is -0.489 e. The highest BCUT2D eigenvalue weighted by Gasteiger charge is 2.32. The normalized spacial score (nSPS) is 14.2. The van der Waals surface area contributed by atoms with Gasteiger partial charge >= 0.3 is 0 Å². The van der Waals surface area contributed by atoms with Gasteiger partial charge in [0.15, 0.2) is 0 Å². The van der Waals surface area contributed by atoms with Gasteiger partial charge in [-0.3, -0.25) is 14.7 Å². The summed E-state index contributed by atoms with van der Waals surface area (Å²) in [5.74, 6) is 0.841. The monoisotopic (exact) mass is 441 g/mol. The summed E-state index contributed by atoms with van der Waals surface area (Å²) < 4.78 is 5.82. The Kier molecular flexibility index (Phi) is 6.53. The van der Waals surface area contributed by atoms with Crippen molar-refractivity contribution in [1.82, 2.24) is 9.88 Å². The Balaban J connectivity index is 1.22. The van der Waals surface area contributed by atoms with Crippen molar-refractivity contribution in [3.63, 3.8) is 0 Å². The molecule has 1 aliphatic rings. The van der Waals surface area contributed by atoms with Crippen LogP contribution < -0.4 is 10.1 Å². The zero-order valence-corrected chi connectivity index (χ0v) is 17.7. The first kappa shape index (κ1) is 20.7. The molecule has 0 atom stereocenters. The van der Waals surface area contributed by atoms with Crippen LogP contribution in [0.15, 0.2) is 67.0 Å². The molecule has 4 rings (SSSR count). The SMILES string of the molecule is O=C(Nc1cccnc1)C1CN(Cc2ccc(OCc3cc(Cl)cc(Cl)c3)cc2)C1. The Labute approximate surface area is 185 Å². The Morgan fingerprint density at radius 2 is 1.80 bits per heavy atom. The molecular formula is C23H21Cl2N3O2. The summed E-state index contributed by atoms with van der Waals surface area (Å²) in [6, 6.07) is 17.0. The molecule has 0 aliphatic carbocycles. The summed E-state index contributed by atoms with van der Waals surface area (Å²) in [5, 5.41) is 4.10. The number of rotatable bonds is 7. The van der Waals surface area contributed by atoms with Gasteiger partial charge in [-0.15, -0.1) is 0 Å². The summed E-state index contributed by atoms with van der Waals surface area (Å²) in [6.45, 7) is 2.71. The number of pyridine rings is 1. The van der Waals surface area contributed by atoms with E-state index in [4.69, 9.17) is 27.9 Å². The average Bonchev–Trinajstić information content (AvgIpc) is 2.69. The fraction of sp³-hybridized carbons (Fsp3) is 0.217. The Morgan fingerprint density at radius 3 is 2.47 bits per heavy atom. The van der Waals surface area contributed by atoms with Crippen LogP contribution in [0.4, 0.5) is 5.69 Å². The number of hydrogen-bond acceptors (Lipinski definition) is 4. The van der Waals surface area contributed by atoms with Crippen LogP contribution in [-0.4, -0.2) is 28.9 Å². The molecule has 154 valence electrons. The molecule has 2 aromatic carbocycles. The summed E-state index contributed by atoms with van der Waals surface area (Å²) in [6.07, 6.45) is 3.34. The molecule has 0 radical (unpaired) electrons. The topological polar surface area (TPSA) is 54.5 Å². The molecule has 30 heavy (non-hydrogen) atoms. The molecule has 0 bridgehead atoms. The maximum Gasteiger partial charge on any atom is 0.230 e. The lowest BCUT2D eigenvalue weighted by Crippen LogP contribution is -2.51. The summed E-state index contributed by atoms with van der Waals surface area (Å²) in [5.41, 5.74) is 2.84. The molecule has 1 fully saturated rings. The molecule has 0 unspecified atom stereocenters. The highest BCUT2D eigenvalue weighted by Crippen LogP contribution is 2.23. The van der Waals surface area contributed by atoms with Gasteiger partial charge in [0.25, 0.3) is 0 Å². The molecule has 3 aromatic rings. The van der Waals surface area contributed by atoms with Crippen LogP contribution in [0.1, 0.15) is 11.1 Å². The first-order valence-corrected chi connectivity index (χ1v) is 10.4. The minimum atomic E-state index is 0.0114. The van der Waals surface area contributed by atoms with E-state index in [-0.39, 0.29) is 11.8 Å². The smallest absolute Gasteiger partial charge is 0.230 e. The van der Waals surface area contributed by atoms with E-state index < -0.39 is 0 Å². The van der Waals surface area contributed by atoms with Gasteiger partial charge in [-0.05, 0) is 53.6 Å². The van der Waals surface area contributed by atoms with E-state index in [1.165, 1.54) is 5.56 Å². The number of likely N-dealkylation sites (tertiary alicyclic amines) is 1. The zero-order valence-electron chi connectivity index (χ0n) is 16.2. The van der Waals surface area contributed by atoms with E-state index in [0.717, 1.165) is 36.6 Å². The first-order valence-electron chi connectivity index (χ1n) is 9.65. The third kappa shape index (κ3) is 5.51. The van der Waals surface area contributed by atoms with Crippen molar-refractivity contribution < 1.29 is 9.53 Å². The van der Waals surface area contributed by atoms with Crippen LogP contribution in [0, 0.1) is 5.92 Å². The predicted molar refractivity (Wildman–Crippen MR) is 119 cm³/mol. The van der Waals surface area contributed by atoms with Gasteiger partial charge in [0.05, 0.1) is 17.8 Å². The fourth-order valence-corrected chi connectivity index (χ4v) is 3.93. The number of amides is 1. The number of nitrogens with zero attached hydrogens (tertiary/aromatic N) is 2. The maximum atomic E-state index is 12.3. The molecule has 1 N–H and O–H groups in total. The van der Waals surface area contributed by atoms with Gasteiger partial charge in [-0.1, -0.05) is 35.3 Å². The number of carbonyl (C=O) groups is 1. The van der Waals surface area contributed by atoms with Crippen LogP contribution in [0.3, 0.4) is 0 Å². The lowest BCUT2D eigenvalue weighted by atomic mass is 9.98. The molecule has 1 amide bonds. The molecule has 2 heterocycles. The van der Waals surface area contributed by atoms with Crippen LogP contribution in [0.5, 0.6) is 5.75 Å². The van der Waals surface area contributed by atoms with Crippen LogP contribution >= 0.6 is 23.2 Å². The van der Waals surface area contributed by atoms with Crippen molar-refractivity contribution in [2.24, 2.45) is 5.92 Å². The van der Waals surface area contributed by atoms with E-state index in [1.807, 2.05) is 42.5 Å². The zero-order chi connectivity index (χ0) is 20.9. The van der Waals surface area contributed by atoms with Crippen LogP contribution in [0.2, 0.25) is 10.0 Å². The molecule has 1 aromatic heterocycles. The van der Waals surface area contributed by atoms with Gasteiger partial charge in [-0.25, -0.2) is 0 Å². The van der Waals surface area contributed by atoms with Crippen LogP contribution in [-0.2, 0) is 17.9 Å². The van der Waals surface area contributed by atoms with Crippen LogP contribution in [0.25, 0.3) is 0 Å². The standard InChI is InChI=1S/C23H21Cl2N3O2/c24-19-8-17(9-20(25)10-19)15-30-22-5-3-16(4-6-22)12-28-13-18(14-28)23(29)27-21-2-1-7-26-11-21/h1-11,18H,12-15H2,(H,27,29). The molecule has 0 saturated carbocycles. The van der Waals surface area contributed by atoms with Crippen molar-refractivity contribution in [3.8, 4) is 5.75 Å². The molecular weight excluding hydrogens is 421 g/mol. The number of benzene rings is 2. The number of aromatic nitrogens is 1. The molecule has 5 nitrogen and oxygen atoms in total. The summed E-state index contributed by atoms with van der Waals surface area (Å²) in [7, 11) is 0. The van der Waals surface area contributed by atoms with Crippen molar-refractivity contribution >= 4 is 34.8 Å². The Morgan fingerprint density at radius 1 is 1.07 bits per heavy atom. The van der Waals surface area contributed by atoms with Gasteiger partial charge in [0.1, 0.15) is 12.4 Å². The number of anilines is 1. The van der Waals surface area contributed by atoms with Crippen molar-refractivity contribution in [3.05, 3.63) is 88.2 Å². The molecule has 7 heteroatoms. The quantitative estimate of drug-likeness (QED) is 0.557. The van der Waals surface area contributed by atoms with Crippen molar-refractivity contribution in [1.29, 1.82) is 0 Å². The molecule has 0 spiro atoms. The molecule has 1 aliphatic heterocycles. The van der Waals surface area contributed by atoms with Gasteiger partial charge < -0.3 is 10.1 Å². The predicted octanol–water partition coefficient (Wildman–Crippen LogP) is 5.04. The second kappa shape index (κ2) is 9.47. The maximum absolute atomic E-state index is 12.3. The number of halogens is 2. The van der Waals surface area contributed by atoms with Gasteiger partial charge in [0.2, 0.25) is 5.91 Å². The summed E-state index contributed by atoms with van der Waals surface area (Å²) in [4.78, 5) is 18.5. The Hall–Kier alpha value is -2.60. The van der Waals surface area contributed by atoms with Crippen molar-refractivity contribution in [2.75, 3.05) is 18.4 Å². The average molecular weight is 442 g/mol. The van der Waals surface area contributed by atoms with E-state index in [1.54, 1.807) is 24.5 Å². The third-order valence-corrected chi connectivity index (χ3v) is 5.35. The third-order valence-electron chi connectivity index (χ3n) is 4.91. The highest BCUT2D eigenvalue weighted by atomic mass is 35.5. The van der Waals surface area contributed by atoms with Crippen molar-refractivity contribution in [2.45, 2.75) is 13.2 Å². The lowest BCUT2D eigenvalue weighted by Gasteiger charge is -2.38. The van der Waals surface area contributed by atoms with E-state index >= 15 is 0 Å². The Bertz CT molecular complexity index is 986. The number of hydrogen-bond donors (Lipinski definition) is 1. The first-order chi connectivity index (χ1) is 14.5. The minimum absolute atomic E-state index is 0.0114. The summed E-state index contributed by atoms with van der Waals surface area (Å²) >= 11 is 12.0. The number of carbonyl (C=O) groups excluding carboxylic acids is 1. The molecule has 1 saturated heterocycles. The highest BCUT2D eigenvalue weighted by molar-refractivity contribution is 6.34. The second-order valence-electron chi connectivity index (χ2n) is 7.33. The number of ether oxygens (including phenoxy) is 1. The van der Waals surface area contributed by atoms with E-state index in [2.05, 4.69) is 15.2 Å². The lowest BCUT2D eigenvalue weighted by molar-refractivity contribution is -0.125.